The van der Waals surface area contributed by atoms with E-state index in [0.717, 1.165) is 36.2 Å². The fourth-order valence-electron chi connectivity index (χ4n) is 2.56. The number of nitrogens with zero attached hydrogens (tertiary/aromatic N) is 1. The van der Waals surface area contributed by atoms with Crippen molar-refractivity contribution in [3.05, 3.63) is 21.9 Å². The second kappa shape index (κ2) is 6.88. The Balaban J connectivity index is 2.05. The summed E-state index contributed by atoms with van der Waals surface area (Å²) in [5, 5.41) is 1.96. The molecule has 0 bridgehead atoms. The lowest BCUT2D eigenvalue weighted by molar-refractivity contribution is -0.149. The van der Waals surface area contributed by atoms with E-state index >= 15 is 0 Å². The van der Waals surface area contributed by atoms with Crippen molar-refractivity contribution in [2.45, 2.75) is 33.1 Å². The zero-order valence-corrected chi connectivity index (χ0v) is 12.9. The predicted molar refractivity (Wildman–Crippen MR) is 79.0 cm³/mol. The van der Waals surface area contributed by atoms with Gasteiger partial charge in [-0.3, -0.25) is 9.59 Å². The second-order valence-corrected chi connectivity index (χ2v) is 5.89. The molecule has 0 N–H and O–H groups in total. The van der Waals surface area contributed by atoms with Crippen LogP contribution in [-0.4, -0.2) is 36.5 Å². The highest BCUT2D eigenvalue weighted by atomic mass is 32.1. The molecule has 110 valence electrons. The number of esters is 1. The lowest BCUT2D eigenvalue weighted by Crippen LogP contribution is -2.42. The molecule has 2 heterocycles. The fraction of sp³-hybridized carbons (Fsp3) is 0.600. The number of aryl methyl sites for hydroxylation is 1. The zero-order chi connectivity index (χ0) is 14.5. The van der Waals surface area contributed by atoms with Gasteiger partial charge in [0.05, 0.1) is 17.4 Å². The molecule has 1 aromatic heterocycles. The van der Waals surface area contributed by atoms with Crippen LogP contribution in [0.2, 0.25) is 0 Å². The fourth-order valence-corrected chi connectivity index (χ4v) is 3.52. The van der Waals surface area contributed by atoms with Crippen molar-refractivity contribution in [3.8, 4) is 0 Å². The van der Waals surface area contributed by atoms with Crippen LogP contribution in [0.1, 0.15) is 41.9 Å². The summed E-state index contributed by atoms with van der Waals surface area (Å²) in [6.45, 7) is 5.47. The van der Waals surface area contributed by atoms with Gasteiger partial charge in [-0.1, -0.05) is 6.92 Å². The maximum absolute atomic E-state index is 12.6. The molecule has 1 aliphatic heterocycles. The molecule has 0 radical (unpaired) electrons. The van der Waals surface area contributed by atoms with Gasteiger partial charge in [-0.25, -0.2) is 0 Å². The lowest BCUT2D eigenvalue weighted by atomic mass is 9.98. The summed E-state index contributed by atoms with van der Waals surface area (Å²) in [5.41, 5.74) is 1.10. The Hall–Kier alpha value is -1.36. The highest BCUT2D eigenvalue weighted by molar-refractivity contribution is 7.12. The first kappa shape index (κ1) is 15.0. The number of amides is 1. The number of likely N-dealkylation sites (tertiary alicyclic amines) is 1. The van der Waals surface area contributed by atoms with E-state index < -0.39 is 0 Å². The van der Waals surface area contributed by atoms with Gasteiger partial charge in [0.25, 0.3) is 5.91 Å². The van der Waals surface area contributed by atoms with E-state index in [4.69, 9.17) is 4.74 Å². The standard InChI is InChI=1S/C15H21NO3S/c1-3-11-7-9-20-13(11)14(17)16-8-5-6-12(10-16)15(18)19-4-2/h7,9,12H,3-6,8,10H2,1-2H3/t12-/m1/s1. The largest absolute Gasteiger partial charge is 0.466 e. The van der Waals surface area contributed by atoms with Gasteiger partial charge in [-0.2, -0.15) is 0 Å². The lowest BCUT2D eigenvalue weighted by Gasteiger charge is -2.31. The third-order valence-electron chi connectivity index (χ3n) is 3.65. The van der Waals surface area contributed by atoms with Crippen LogP contribution in [0.4, 0.5) is 0 Å². The van der Waals surface area contributed by atoms with Crippen molar-refractivity contribution in [2.24, 2.45) is 5.92 Å². The van der Waals surface area contributed by atoms with Crippen LogP contribution in [0, 0.1) is 5.92 Å². The van der Waals surface area contributed by atoms with E-state index in [1.807, 2.05) is 18.4 Å². The first-order valence-corrected chi connectivity index (χ1v) is 8.07. The van der Waals surface area contributed by atoms with Gasteiger partial charge in [0.15, 0.2) is 0 Å². The van der Waals surface area contributed by atoms with E-state index in [0.29, 0.717) is 13.2 Å². The molecule has 0 unspecified atom stereocenters. The molecule has 1 saturated heterocycles. The summed E-state index contributed by atoms with van der Waals surface area (Å²) in [6, 6.07) is 2.00. The molecule has 0 aromatic carbocycles. The van der Waals surface area contributed by atoms with Crippen molar-refractivity contribution < 1.29 is 14.3 Å². The van der Waals surface area contributed by atoms with Crippen molar-refractivity contribution in [1.29, 1.82) is 0 Å². The Bertz CT molecular complexity index is 483. The molecule has 1 amide bonds. The third kappa shape index (κ3) is 3.20. The Morgan fingerprint density at radius 3 is 2.95 bits per heavy atom. The van der Waals surface area contributed by atoms with E-state index in [2.05, 4.69) is 6.92 Å². The molecule has 4 nitrogen and oxygen atoms in total. The molecule has 5 heteroatoms. The van der Waals surface area contributed by atoms with Crippen LogP contribution >= 0.6 is 11.3 Å². The minimum atomic E-state index is -0.174. The number of hydrogen-bond donors (Lipinski definition) is 0. The zero-order valence-electron chi connectivity index (χ0n) is 12.1. The van der Waals surface area contributed by atoms with Gasteiger partial charge in [0.1, 0.15) is 0 Å². The highest BCUT2D eigenvalue weighted by Gasteiger charge is 2.30. The van der Waals surface area contributed by atoms with Crippen molar-refractivity contribution in [3.63, 3.8) is 0 Å². The van der Waals surface area contributed by atoms with Crippen LogP contribution in [0.3, 0.4) is 0 Å². The van der Waals surface area contributed by atoms with Gasteiger partial charge in [0.2, 0.25) is 0 Å². The average Bonchev–Trinajstić information content (AvgIpc) is 2.95. The summed E-state index contributed by atoms with van der Waals surface area (Å²) in [5.74, 6) is -0.282. The summed E-state index contributed by atoms with van der Waals surface area (Å²) in [6.07, 6.45) is 2.54. The van der Waals surface area contributed by atoms with Gasteiger partial charge in [0, 0.05) is 13.1 Å². The topological polar surface area (TPSA) is 46.6 Å². The smallest absolute Gasteiger partial charge is 0.310 e. The van der Waals surface area contributed by atoms with Gasteiger partial charge in [-0.15, -0.1) is 11.3 Å². The average molecular weight is 295 g/mol. The normalized spacial score (nSPS) is 18.9. The molecule has 1 aliphatic rings. The molecule has 0 saturated carbocycles. The first-order chi connectivity index (χ1) is 9.67. The van der Waals surface area contributed by atoms with Crippen LogP contribution in [0.25, 0.3) is 0 Å². The Morgan fingerprint density at radius 1 is 1.45 bits per heavy atom. The molecule has 20 heavy (non-hydrogen) atoms. The van der Waals surface area contributed by atoms with Crippen molar-refractivity contribution >= 4 is 23.2 Å². The summed E-state index contributed by atoms with van der Waals surface area (Å²) in [4.78, 5) is 27.0. The number of thiophene rings is 1. The van der Waals surface area contributed by atoms with E-state index in [1.54, 1.807) is 4.90 Å². The molecule has 1 atom stereocenters. The van der Waals surface area contributed by atoms with Crippen LogP contribution < -0.4 is 0 Å². The molecule has 1 aromatic rings. The summed E-state index contributed by atoms with van der Waals surface area (Å²) < 4.78 is 5.07. The Labute approximate surface area is 123 Å². The van der Waals surface area contributed by atoms with Gasteiger partial charge in [-0.05, 0) is 43.2 Å². The first-order valence-electron chi connectivity index (χ1n) is 7.19. The highest BCUT2D eigenvalue weighted by Crippen LogP contribution is 2.24. The number of carbonyl (C=O) groups is 2. The summed E-state index contributed by atoms with van der Waals surface area (Å²) in [7, 11) is 0. The van der Waals surface area contributed by atoms with Crippen molar-refractivity contribution in [1.82, 2.24) is 4.90 Å². The van der Waals surface area contributed by atoms with Crippen LogP contribution in [0.15, 0.2) is 11.4 Å². The van der Waals surface area contributed by atoms with Gasteiger partial charge >= 0.3 is 5.97 Å². The molecule has 1 fully saturated rings. The number of ether oxygens (including phenoxy) is 1. The van der Waals surface area contributed by atoms with Gasteiger partial charge < -0.3 is 9.64 Å². The van der Waals surface area contributed by atoms with E-state index in [-0.39, 0.29) is 17.8 Å². The maximum Gasteiger partial charge on any atom is 0.310 e. The number of rotatable bonds is 4. The number of carbonyl (C=O) groups excluding carboxylic acids is 2. The Kier molecular flexibility index (Phi) is 5.17. The predicted octanol–water partition coefficient (Wildman–Crippen LogP) is 2.73. The third-order valence-corrected chi connectivity index (χ3v) is 4.60. The van der Waals surface area contributed by atoms with Crippen LogP contribution in [0.5, 0.6) is 0 Å². The maximum atomic E-state index is 12.6. The monoisotopic (exact) mass is 295 g/mol. The minimum absolute atomic E-state index is 0.0610. The number of piperidine rings is 1. The molecule has 0 spiro atoms. The van der Waals surface area contributed by atoms with E-state index in [9.17, 15) is 9.59 Å². The second-order valence-electron chi connectivity index (χ2n) is 4.97. The molecule has 0 aliphatic carbocycles. The Morgan fingerprint density at radius 2 is 2.25 bits per heavy atom. The minimum Gasteiger partial charge on any atom is -0.466 e. The SMILES string of the molecule is CCOC(=O)[C@@H]1CCCN(C(=O)c2sccc2CC)C1. The quantitative estimate of drug-likeness (QED) is 0.802. The summed E-state index contributed by atoms with van der Waals surface area (Å²) >= 11 is 1.49. The van der Waals surface area contributed by atoms with Crippen molar-refractivity contribution in [2.75, 3.05) is 19.7 Å². The molecule has 2 rings (SSSR count). The van der Waals surface area contributed by atoms with E-state index in [1.165, 1.54) is 11.3 Å². The van der Waals surface area contributed by atoms with Crippen LogP contribution in [-0.2, 0) is 16.0 Å². The number of hydrogen-bond acceptors (Lipinski definition) is 4. The molecular formula is C15H21NO3S. The molecular weight excluding hydrogens is 274 g/mol.